The molecule has 0 spiro atoms. The van der Waals surface area contributed by atoms with Gasteiger partial charge < -0.3 is 26.8 Å². The van der Waals surface area contributed by atoms with Gasteiger partial charge in [0.15, 0.2) is 5.96 Å². The molecule has 0 fully saturated rings. The van der Waals surface area contributed by atoms with Crippen molar-refractivity contribution in [1.29, 1.82) is 5.41 Å². The maximum Gasteiger partial charge on any atom is 0.303 e. The van der Waals surface area contributed by atoms with E-state index < -0.39 is 17.4 Å². The summed E-state index contributed by atoms with van der Waals surface area (Å²) in [6.45, 7) is 4.40. The molecule has 7 N–H and O–H groups in total. The molecular formula is C21H33N5O4. The lowest BCUT2D eigenvalue weighted by Gasteiger charge is -2.24. The van der Waals surface area contributed by atoms with Gasteiger partial charge in [-0.2, -0.15) is 0 Å². The zero-order valence-corrected chi connectivity index (χ0v) is 17.7. The maximum absolute atomic E-state index is 12.7. The minimum absolute atomic E-state index is 0.00852. The largest absolute Gasteiger partial charge is 0.481 e. The number of hydrogen-bond acceptors (Lipinski definition) is 4. The van der Waals surface area contributed by atoms with Gasteiger partial charge in [-0.3, -0.25) is 19.8 Å². The smallest absolute Gasteiger partial charge is 0.303 e. The van der Waals surface area contributed by atoms with E-state index in [2.05, 4.69) is 16.0 Å². The topological polar surface area (TPSA) is 157 Å². The zero-order chi connectivity index (χ0) is 22.6. The Hall–Kier alpha value is -3.10. The van der Waals surface area contributed by atoms with Crippen LogP contribution in [0, 0.1) is 10.8 Å². The molecule has 1 atom stereocenters. The summed E-state index contributed by atoms with van der Waals surface area (Å²) in [5.41, 5.74) is 5.41. The first kappa shape index (κ1) is 24.9. The van der Waals surface area contributed by atoms with Crippen molar-refractivity contribution in [2.24, 2.45) is 11.1 Å². The molecule has 0 unspecified atom stereocenters. The van der Waals surface area contributed by atoms with Crippen LogP contribution in [0.1, 0.15) is 45.1 Å². The molecule has 0 saturated heterocycles. The van der Waals surface area contributed by atoms with Gasteiger partial charge in [-0.05, 0) is 23.8 Å². The fourth-order valence-electron chi connectivity index (χ4n) is 3.02. The summed E-state index contributed by atoms with van der Waals surface area (Å²) in [5, 5.41) is 24.4. The van der Waals surface area contributed by atoms with E-state index in [-0.39, 0.29) is 30.6 Å². The molecule has 0 aliphatic heterocycles. The lowest BCUT2D eigenvalue weighted by atomic mass is 9.85. The van der Waals surface area contributed by atoms with Gasteiger partial charge in [-0.1, -0.05) is 44.2 Å². The van der Waals surface area contributed by atoms with Gasteiger partial charge in [0.05, 0.1) is 6.42 Å². The molecule has 166 valence electrons. The highest BCUT2D eigenvalue weighted by Crippen LogP contribution is 2.24. The van der Waals surface area contributed by atoms with E-state index in [9.17, 15) is 14.4 Å². The molecule has 0 radical (unpaired) electrons. The third kappa shape index (κ3) is 11.0. The Bertz CT molecular complexity index is 721. The Morgan fingerprint density at radius 3 is 2.23 bits per heavy atom. The van der Waals surface area contributed by atoms with E-state index >= 15 is 0 Å². The first-order valence-electron chi connectivity index (χ1n) is 10.00. The molecular weight excluding hydrogens is 386 g/mol. The van der Waals surface area contributed by atoms with Gasteiger partial charge >= 0.3 is 5.97 Å². The van der Waals surface area contributed by atoms with Gasteiger partial charge in [-0.15, -0.1) is 0 Å². The Morgan fingerprint density at radius 2 is 1.67 bits per heavy atom. The fraction of sp³-hybridized carbons (Fsp3) is 0.524. The number of nitrogens with one attached hydrogen (secondary N) is 4. The Labute approximate surface area is 177 Å². The van der Waals surface area contributed by atoms with Crippen molar-refractivity contribution in [3.8, 4) is 0 Å². The first-order valence-corrected chi connectivity index (χ1v) is 10.00. The van der Waals surface area contributed by atoms with E-state index in [0.29, 0.717) is 25.9 Å². The van der Waals surface area contributed by atoms with E-state index in [4.69, 9.17) is 16.2 Å². The number of carbonyl (C=O) groups is 3. The van der Waals surface area contributed by atoms with Crippen LogP contribution in [0.5, 0.6) is 0 Å². The second-order valence-corrected chi connectivity index (χ2v) is 8.06. The summed E-state index contributed by atoms with van der Waals surface area (Å²) in [6.07, 6.45) is 1.64. The molecule has 0 aromatic heterocycles. The average Bonchev–Trinajstić information content (AvgIpc) is 2.62. The number of unbranched alkanes of at least 4 members (excludes halogenated alkanes) is 1. The number of amides is 2. The number of benzene rings is 1. The highest BCUT2D eigenvalue weighted by atomic mass is 16.4. The van der Waals surface area contributed by atoms with E-state index in [1.165, 1.54) is 0 Å². The van der Waals surface area contributed by atoms with E-state index in [0.717, 1.165) is 12.0 Å². The van der Waals surface area contributed by atoms with Gasteiger partial charge in [-0.25, -0.2) is 0 Å². The van der Waals surface area contributed by atoms with Crippen molar-refractivity contribution < 1.29 is 19.5 Å². The highest BCUT2D eigenvalue weighted by Gasteiger charge is 2.28. The van der Waals surface area contributed by atoms with Crippen LogP contribution in [0.4, 0.5) is 0 Å². The summed E-state index contributed by atoms with van der Waals surface area (Å²) in [5.74, 6) is -1.70. The standard InChI is InChI=1S/C21H33N5O4/c1-21(2,14-18(28)29)13-17(27)26-16(12-15-8-4-3-5-9-15)19(30)24-10-6-7-11-25-20(22)23/h3-5,8-9,16H,6-7,10-14H2,1-2H3,(H,24,30)(H,26,27)(H,28,29)(H4,22,23,25)/t16-/m1/s1. The van der Waals surface area contributed by atoms with Crippen LogP contribution in [0.3, 0.4) is 0 Å². The number of rotatable bonds is 13. The summed E-state index contributed by atoms with van der Waals surface area (Å²) < 4.78 is 0. The van der Waals surface area contributed by atoms with Gasteiger partial charge in [0.25, 0.3) is 0 Å². The third-order valence-corrected chi connectivity index (χ3v) is 4.42. The van der Waals surface area contributed by atoms with Crippen molar-refractivity contribution >= 4 is 23.7 Å². The van der Waals surface area contributed by atoms with Crippen molar-refractivity contribution in [3.05, 3.63) is 35.9 Å². The molecule has 0 saturated carbocycles. The monoisotopic (exact) mass is 419 g/mol. The van der Waals surface area contributed by atoms with Gasteiger partial charge in [0.2, 0.25) is 11.8 Å². The quantitative estimate of drug-likeness (QED) is 0.159. The van der Waals surface area contributed by atoms with Gasteiger partial charge in [0.1, 0.15) is 6.04 Å². The molecule has 0 aliphatic rings. The Kier molecular flexibility index (Phi) is 10.4. The Balaban J connectivity index is 2.65. The molecule has 1 rings (SSSR count). The summed E-state index contributed by atoms with van der Waals surface area (Å²) in [4.78, 5) is 36.2. The molecule has 1 aromatic carbocycles. The minimum Gasteiger partial charge on any atom is -0.481 e. The molecule has 0 bridgehead atoms. The lowest BCUT2D eigenvalue weighted by Crippen LogP contribution is -2.49. The number of guanidine groups is 1. The predicted molar refractivity (Wildman–Crippen MR) is 115 cm³/mol. The number of carboxylic acid groups (broad SMARTS) is 1. The summed E-state index contributed by atoms with van der Waals surface area (Å²) in [7, 11) is 0. The van der Waals surface area contributed by atoms with Crippen molar-refractivity contribution in [2.75, 3.05) is 13.1 Å². The normalized spacial score (nSPS) is 11.9. The van der Waals surface area contributed by atoms with E-state index in [1.807, 2.05) is 30.3 Å². The number of aliphatic carboxylic acids is 1. The Morgan fingerprint density at radius 1 is 1.07 bits per heavy atom. The first-order chi connectivity index (χ1) is 14.1. The van der Waals surface area contributed by atoms with Crippen LogP contribution < -0.4 is 21.7 Å². The van der Waals surface area contributed by atoms with Gasteiger partial charge in [0, 0.05) is 25.9 Å². The van der Waals surface area contributed by atoms with Crippen LogP contribution in [0.2, 0.25) is 0 Å². The van der Waals surface area contributed by atoms with Crippen molar-refractivity contribution in [2.45, 2.75) is 52.0 Å². The summed E-state index contributed by atoms with van der Waals surface area (Å²) >= 11 is 0. The fourth-order valence-corrected chi connectivity index (χ4v) is 3.02. The number of carboxylic acids is 1. The second kappa shape index (κ2) is 12.5. The molecule has 0 heterocycles. The minimum atomic E-state index is -0.967. The second-order valence-electron chi connectivity index (χ2n) is 8.06. The van der Waals surface area contributed by atoms with Crippen LogP contribution in [-0.2, 0) is 20.8 Å². The molecule has 0 aliphatic carbocycles. The molecule has 2 amide bonds. The molecule has 30 heavy (non-hydrogen) atoms. The van der Waals surface area contributed by atoms with Crippen LogP contribution in [0.25, 0.3) is 0 Å². The SMILES string of the molecule is CC(C)(CC(=O)O)CC(=O)N[C@H](Cc1ccccc1)C(=O)NCCCCNC(=N)N. The maximum atomic E-state index is 12.7. The predicted octanol–water partition coefficient (Wildman–Crippen LogP) is 0.984. The third-order valence-electron chi connectivity index (χ3n) is 4.42. The molecule has 1 aromatic rings. The van der Waals surface area contributed by atoms with Crippen LogP contribution in [0.15, 0.2) is 30.3 Å². The number of carbonyl (C=O) groups excluding carboxylic acids is 2. The van der Waals surface area contributed by atoms with Crippen molar-refractivity contribution in [3.63, 3.8) is 0 Å². The van der Waals surface area contributed by atoms with Crippen LogP contribution >= 0.6 is 0 Å². The molecule has 9 heteroatoms. The summed E-state index contributed by atoms with van der Waals surface area (Å²) in [6, 6.07) is 8.62. The van der Waals surface area contributed by atoms with Crippen LogP contribution in [-0.4, -0.2) is 48.0 Å². The molecule has 9 nitrogen and oxygen atoms in total. The van der Waals surface area contributed by atoms with Crippen molar-refractivity contribution in [1.82, 2.24) is 16.0 Å². The lowest BCUT2D eigenvalue weighted by molar-refractivity contribution is -0.140. The number of nitrogens with two attached hydrogens (primary N) is 1. The zero-order valence-electron chi connectivity index (χ0n) is 17.7. The number of hydrogen-bond donors (Lipinski definition) is 6. The van der Waals surface area contributed by atoms with E-state index in [1.54, 1.807) is 13.8 Å². The average molecular weight is 420 g/mol. The highest BCUT2D eigenvalue weighted by molar-refractivity contribution is 5.88.